The number of ether oxygens (including phenoxy) is 2. The van der Waals surface area contributed by atoms with Crippen LogP contribution in [-0.4, -0.2) is 21.3 Å². The molecule has 0 bridgehead atoms. The lowest BCUT2D eigenvalue weighted by Crippen LogP contribution is -2.16. The van der Waals surface area contributed by atoms with E-state index in [1.807, 2.05) is 0 Å². The summed E-state index contributed by atoms with van der Waals surface area (Å²) in [6.45, 7) is 0. The van der Waals surface area contributed by atoms with Gasteiger partial charge >= 0.3 is 10.1 Å². The largest absolute Gasteiger partial charge is 0.497 e. The number of benzene rings is 2. The van der Waals surface area contributed by atoms with Crippen LogP contribution in [0.2, 0.25) is 0 Å². The zero-order chi connectivity index (χ0) is 18.7. The smallest absolute Gasteiger partial charge is 0.313 e. The van der Waals surface area contributed by atoms with Gasteiger partial charge in [-0.3, -0.25) is 4.79 Å². The fraction of sp³-hybridized carbons (Fsp3) is 0.167. The number of carbonyl (C=O) groups excluding carboxylic acids is 1. The Morgan fingerprint density at radius 1 is 1.12 bits per heavy atom. The predicted octanol–water partition coefficient (Wildman–Crippen LogP) is 2.01. The predicted molar refractivity (Wildman–Crippen MR) is 93.2 cm³/mol. The van der Waals surface area contributed by atoms with Gasteiger partial charge in [-0.1, -0.05) is 42.5 Å². The first kappa shape index (κ1) is 17.8. The third-order valence-electron chi connectivity index (χ3n) is 3.72. The summed E-state index contributed by atoms with van der Waals surface area (Å²) < 4.78 is 39.9. The maximum atomic E-state index is 12.6. The van der Waals surface area contributed by atoms with Gasteiger partial charge in [-0.25, -0.2) is 0 Å². The van der Waals surface area contributed by atoms with Crippen LogP contribution in [0.1, 0.15) is 17.2 Å². The van der Waals surface area contributed by atoms with Crippen molar-refractivity contribution >= 4 is 15.9 Å². The second-order valence-electron chi connectivity index (χ2n) is 5.60. The highest BCUT2D eigenvalue weighted by atomic mass is 32.2. The van der Waals surface area contributed by atoms with Gasteiger partial charge in [0.25, 0.3) is 0 Å². The Labute approximate surface area is 151 Å². The highest BCUT2D eigenvalue weighted by molar-refractivity contribution is 7.86. The van der Waals surface area contributed by atoms with E-state index in [1.165, 1.54) is 7.11 Å². The van der Waals surface area contributed by atoms with Crippen molar-refractivity contribution in [3.63, 3.8) is 0 Å². The minimum absolute atomic E-state index is 0.362. The van der Waals surface area contributed by atoms with Gasteiger partial charge in [-0.05, 0) is 17.7 Å². The number of rotatable bonds is 6. The zero-order valence-corrected chi connectivity index (χ0v) is 14.7. The fourth-order valence-electron chi connectivity index (χ4n) is 2.52. The van der Waals surface area contributed by atoms with Gasteiger partial charge in [0, 0.05) is 5.56 Å². The molecule has 2 N–H and O–H groups in total. The number of ketones is 1. The Balaban J connectivity index is 1.78. The molecule has 1 atom stereocenters. The molecule has 1 heterocycles. The second kappa shape index (κ2) is 7.09. The first-order chi connectivity index (χ1) is 12.4. The van der Waals surface area contributed by atoms with Crippen LogP contribution < -0.4 is 10.5 Å². The molecule has 1 aliphatic heterocycles. The standard InChI is InChI=1S/C18H17NO6S/c1-23-14-9-5-8-13(10-14)16-15(20)17(18(19)24-16)25-26(21,22)11-12-6-3-2-4-7-12/h2-10,16H,11,19H2,1H3. The van der Waals surface area contributed by atoms with Gasteiger partial charge in [0.05, 0.1) is 7.11 Å². The van der Waals surface area contributed by atoms with E-state index in [1.54, 1.807) is 54.6 Å². The van der Waals surface area contributed by atoms with Crippen molar-refractivity contribution in [1.29, 1.82) is 0 Å². The quantitative estimate of drug-likeness (QED) is 0.770. The molecule has 0 saturated carbocycles. The average molecular weight is 375 g/mol. The molecule has 0 spiro atoms. The molecule has 0 fully saturated rings. The molecule has 3 rings (SSSR count). The number of methoxy groups -OCH3 is 1. The van der Waals surface area contributed by atoms with Crippen LogP contribution in [0, 0.1) is 0 Å². The van der Waals surface area contributed by atoms with Gasteiger partial charge in [0.1, 0.15) is 11.5 Å². The third kappa shape index (κ3) is 3.80. The molecule has 2 aromatic rings. The van der Waals surface area contributed by atoms with E-state index in [4.69, 9.17) is 19.4 Å². The number of nitrogens with two attached hydrogens (primary N) is 1. The summed E-state index contributed by atoms with van der Waals surface area (Å²) in [7, 11) is -2.57. The summed E-state index contributed by atoms with van der Waals surface area (Å²) in [5.41, 5.74) is 6.70. The molecule has 0 saturated heterocycles. The summed E-state index contributed by atoms with van der Waals surface area (Å²) in [6, 6.07) is 15.1. The van der Waals surface area contributed by atoms with Crippen molar-refractivity contribution in [2.45, 2.75) is 11.9 Å². The number of Topliss-reactive ketones (excluding diaryl/α,β-unsaturated/α-hetero) is 1. The Morgan fingerprint density at radius 2 is 1.85 bits per heavy atom. The minimum Gasteiger partial charge on any atom is -0.497 e. The molecule has 0 radical (unpaired) electrons. The van der Waals surface area contributed by atoms with Crippen LogP contribution >= 0.6 is 0 Å². The second-order valence-corrected chi connectivity index (χ2v) is 7.17. The van der Waals surface area contributed by atoms with Gasteiger partial charge < -0.3 is 19.4 Å². The van der Waals surface area contributed by atoms with E-state index in [-0.39, 0.29) is 11.6 Å². The lowest BCUT2D eigenvalue weighted by Gasteiger charge is -2.11. The van der Waals surface area contributed by atoms with Crippen LogP contribution in [-0.2, 0) is 29.6 Å². The average Bonchev–Trinajstić information content (AvgIpc) is 2.90. The van der Waals surface area contributed by atoms with Crippen molar-refractivity contribution in [3.8, 4) is 5.75 Å². The number of hydrogen-bond acceptors (Lipinski definition) is 7. The van der Waals surface area contributed by atoms with E-state index in [0.717, 1.165) is 0 Å². The summed E-state index contributed by atoms with van der Waals surface area (Å²) in [4.78, 5) is 12.6. The molecule has 136 valence electrons. The lowest BCUT2D eigenvalue weighted by molar-refractivity contribution is -0.123. The van der Waals surface area contributed by atoms with Gasteiger partial charge in [0.15, 0.2) is 6.10 Å². The number of hydrogen-bond donors (Lipinski definition) is 1. The van der Waals surface area contributed by atoms with Crippen molar-refractivity contribution in [1.82, 2.24) is 0 Å². The highest BCUT2D eigenvalue weighted by Gasteiger charge is 2.39. The van der Waals surface area contributed by atoms with Crippen molar-refractivity contribution < 1.29 is 26.9 Å². The van der Waals surface area contributed by atoms with Crippen LogP contribution in [0.15, 0.2) is 66.2 Å². The van der Waals surface area contributed by atoms with Gasteiger partial charge in [-0.2, -0.15) is 8.42 Å². The SMILES string of the molecule is COc1cccc(C2OC(N)=C(OS(=O)(=O)Cc3ccccc3)C2=O)c1. The van der Waals surface area contributed by atoms with E-state index in [0.29, 0.717) is 16.9 Å². The first-order valence-corrected chi connectivity index (χ1v) is 9.28. The third-order valence-corrected chi connectivity index (χ3v) is 4.83. The zero-order valence-electron chi connectivity index (χ0n) is 13.9. The molecule has 1 unspecified atom stereocenters. The molecule has 26 heavy (non-hydrogen) atoms. The Hall–Kier alpha value is -3.00. The van der Waals surface area contributed by atoms with Crippen LogP contribution in [0.3, 0.4) is 0 Å². The Bertz CT molecular complexity index is 953. The lowest BCUT2D eigenvalue weighted by atomic mass is 10.1. The highest BCUT2D eigenvalue weighted by Crippen LogP contribution is 2.33. The van der Waals surface area contributed by atoms with Crippen LogP contribution in [0.25, 0.3) is 0 Å². The van der Waals surface area contributed by atoms with E-state index in [9.17, 15) is 13.2 Å². The molecule has 8 heteroatoms. The summed E-state index contributed by atoms with van der Waals surface area (Å²) in [5.74, 6) is -1.38. The topological polar surface area (TPSA) is 105 Å². The minimum atomic E-state index is -4.07. The fourth-order valence-corrected chi connectivity index (χ4v) is 3.59. The van der Waals surface area contributed by atoms with Crippen LogP contribution in [0.5, 0.6) is 5.75 Å². The molecular formula is C18H17NO6S. The summed E-state index contributed by atoms with van der Waals surface area (Å²) >= 11 is 0. The summed E-state index contributed by atoms with van der Waals surface area (Å²) in [5, 5.41) is 0. The van der Waals surface area contributed by atoms with Gasteiger partial charge in [0.2, 0.25) is 17.4 Å². The summed E-state index contributed by atoms with van der Waals surface area (Å²) in [6.07, 6.45) is -1.08. The monoisotopic (exact) mass is 375 g/mol. The van der Waals surface area contributed by atoms with Crippen molar-refractivity contribution in [2.24, 2.45) is 5.73 Å². The maximum absolute atomic E-state index is 12.6. The molecule has 0 aromatic heterocycles. The first-order valence-electron chi connectivity index (χ1n) is 7.70. The molecule has 1 aliphatic rings. The molecule has 0 aliphatic carbocycles. The molecule has 0 amide bonds. The van der Waals surface area contributed by atoms with E-state index < -0.39 is 27.8 Å². The van der Waals surface area contributed by atoms with E-state index >= 15 is 0 Å². The molecule has 2 aromatic carbocycles. The Kier molecular flexibility index (Phi) is 4.85. The Morgan fingerprint density at radius 3 is 2.54 bits per heavy atom. The van der Waals surface area contributed by atoms with Crippen molar-refractivity contribution in [2.75, 3.05) is 7.11 Å². The van der Waals surface area contributed by atoms with Gasteiger partial charge in [-0.15, -0.1) is 0 Å². The normalized spacial score (nSPS) is 17.1. The maximum Gasteiger partial charge on any atom is 0.313 e. The molecular weight excluding hydrogens is 358 g/mol. The van der Waals surface area contributed by atoms with E-state index in [2.05, 4.69) is 0 Å². The van der Waals surface area contributed by atoms with Crippen LogP contribution in [0.4, 0.5) is 0 Å². The molecule has 7 nitrogen and oxygen atoms in total. The van der Waals surface area contributed by atoms with Crippen molar-refractivity contribution in [3.05, 3.63) is 77.4 Å². The number of carbonyl (C=O) groups is 1.